The Morgan fingerprint density at radius 1 is 1.50 bits per heavy atom. The molecule has 0 spiro atoms. The summed E-state index contributed by atoms with van der Waals surface area (Å²) in [5.41, 5.74) is 2.89. The Hall–Kier alpha value is -1.84. The number of carbonyl (C=O) groups is 1. The zero-order chi connectivity index (χ0) is 11.7. The van der Waals surface area contributed by atoms with E-state index in [1.54, 1.807) is 11.5 Å². The van der Waals surface area contributed by atoms with E-state index in [0.717, 1.165) is 16.6 Å². The quantitative estimate of drug-likeness (QED) is 0.725. The summed E-state index contributed by atoms with van der Waals surface area (Å²) in [6, 6.07) is 5.91. The van der Waals surface area contributed by atoms with Crippen molar-refractivity contribution in [3.8, 4) is 0 Å². The van der Waals surface area contributed by atoms with Crippen molar-refractivity contribution in [2.24, 2.45) is 7.05 Å². The van der Waals surface area contributed by atoms with Gasteiger partial charge in [-0.25, -0.2) is 9.78 Å². The smallest absolute Gasteiger partial charge is 0.374 e. The van der Waals surface area contributed by atoms with Crippen LogP contribution in [0.15, 0.2) is 18.2 Å². The fourth-order valence-electron chi connectivity index (χ4n) is 1.69. The normalized spacial score (nSPS) is 10.7. The molecular weight excluding hydrogens is 204 g/mol. The molecule has 16 heavy (non-hydrogen) atoms. The maximum Gasteiger partial charge on any atom is 0.374 e. The molecule has 0 fully saturated rings. The van der Waals surface area contributed by atoms with E-state index in [0.29, 0.717) is 12.4 Å². The minimum atomic E-state index is -0.376. The molecule has 4 nitrogen and oxygen atoms in total. The lowest BCUT2D eigenvalue weighted by atomic mass is 10.2. The van der Waals surface area contributed by atoms with Crippen LogP contribution in [0.1, 0.15) is 23.1 Å². The minimum absolute atomic E-state index is 0.349. The van der Waals surface area contributed by atoms with Gasteiger partial charge in [0.05, 0.1) is 17.6 Å². The van der Waals surface area contributed by atoms with Crippen LogP contribution in [0, 0.1) is 6.92 Å². The molecule has 0 atom stereocenters. The molecule has 0 aliphatic heterocycles. The predicted octanol–water partition coefficient (Wildman–Crippen LogP) is 2.06. The number of aromatic nitrogens is 2. The molecule has 0 radical (unpaired) electrons. The third kappa shape index (κ3) is 1.66. The van der Waals surface area contributed by atoms with Crippen LogP contribution in [0.2, 0.25) is 0 Å². The Bertz CT molecular complexity index is 543. The summed E-state index contributed by atoms with van der Waals surface area (Å²) < 4.78 is 6.70. The number of fused-ring (bicyclic) bond motifs is 1. The van der Waals surface area contributed by atoms with Crippen molar-refractivity contribution in [2.45, 2.75) is 13.8 Å². The fraction of sp³-hybridized carbons (Fsp3) is 0.333. The highest BCUT2D eigenvalue weighted by molar-refractivity contribution is 5.91. The fourth-order valence-corrected chi connectivity index (χ4v) is 1.69. The number of carbonyl (C=O) groups excluding carboxylic acids is 1. The van der Waals surface area contributed by atoms with Gasteiger partial charge in [0.1, 0.15) is 0 Å². The zero-order valence-corrected chi connectivity index (χ0v) is 9.65. The minimum Gasteiger partial charge on any atom is -0.460 e. The number of esters is 1. The van der Waals surface area contributed by atoms with Crippen LogP contribution < -0.4 is 0 Å². The van der Waals surface area contributed by atoms with E-state index in [4.69, 9.17) is 4.74 Å². The topological polar surface area (TPSA) is 44.1 Å². The van der Waals surface area contributed by atoms with E-state index >= 15 is 0 Å². The first kappa shape index (κ1) is 10.7. The number of hydrogen-bond acceptors (Lipinski definition) is 3. The molecule has 1 aromatic heterocycles. The van der Waals surface area contributed by atoms with Crippen molar-refractivity contribution in [3.05, 3.63) is 29.6 Å². The van der Waals surface area contributed by atoms with Crippen LogP contribution in [0.3, 0.4) is 0 Å². The highest BCUT2D eigenvalue weighted by atomic mass is 16.5. The average Bonchev–Trinajstić information content (AvgIpc) is 2.56. The second-order valence-electron chi connectivity index (χ2n) is 3.71. The van der Waals surface area contributed by atoms with Gasteiger partial charge in [-0.3, -0.25) is 0 Å². The van der Waals surface area contributed by atoms with Crippen LogP contribution in [0.25, 0.3) is 11.0 Å². The maximum atomic E-state index is 11.6. The standard InChI is InChI=1S/C12H14N2O2/c1-4-16-12(15)11-13-9-7-8(2)5-6-10(9)14(11)3/h5-7H,4H2,1-3H3. The molecule has 1 aromatic carbocycles. The summed E-state index contributed by atoms with van der Waals surface area (Å²) >= 11 is 0. The van der Waals surface area contributed by atoms with E-state index < -0.39 is 0 Å². The summed E-state index contributed by atoms with van der Waals surface area (Å²) in [6.07, 6.45) is 0. The van der Waals surface area contributed by atoms with Gasteiger partial charge in [-0.1, -0.05) is 6.07 Å². The van der Waals surface area contributed by atoms with Gasteiger partial charge >= 0.3 is 5.97 Å². The predicted molar refractivity (Wildman–Crippen MR) is 61.4 cm³/mol. The lowest BCUT2D eigenvalue weighted by Crippen LogP contribution is -2.11. The van der Waals surface area contributed by atoms with Gasteiger partial charge in [-0.15, -0.1) is 0 Å². The summed E-state index contributed by atoms with van der Waals surface area (Å²) in [6.45, 7) is 4.14. The van der Waals surface area contributed by atoms with Gasteiger partial charge in [-0.05, 0) is 31.5 Å². The number of ether oxygens (including phenoxy) is 1. The van der Waals surface area contributed by atoms with Crippen molar-refractivity contribution >= 4 is 17.0 Å². The molecule has 0 amide bonds. The first-order valence-electron chi connectivity index (χ1n) is 5.23. The number of rotatable bonds is 2. The van der Waals surface area contributed by atoms with Gasteiger partial charge in [0.25, 0.3) is 0 Å². The van der Waals surface area contributed by atoms with Crippen molar-refractivity contribution in [1.29, 1.82) is 0 Å². The van der Waals surface area contributed by atoms with Crippen molar-refractivity contribution in [2.75, 3.05) is 6.61 Å². The number of hydrogen-bond donors (Lipinski definition) is 0. The monoisotopic (exact) mass is 218 g/mol. The molecule has 0 aliphatic rings. The first-order valence-corrected chi connectivity index (χ1v) is 5.23. The molecule has 0 aliphatic carbocycles. The van der Waals surface area contributed by atoms with Crippen LogP contribution >= 0.6 is 0 Å². The van der Waals surface area contributed by atoms with Gasteiger partial charge in [0.15, 0.2) is 0 Å². The summed E-state index contributed by atoms with van der Waals surface area (Å²) in [7, 11) is 1.82. The lowest BCUT2D eigenvalue weighted by molar-refractivity contribution is 0.0508. The van der Waals surface area contributed by atoms with E-state index in [1.165, 1.54) is 0 Å². The van der Waals surface area contributed by atoms with Crippen molar-refractivity contribution in [3.63, 3.8) is 0 Å². The molecule has 4 heteroatoms. The molecular formula is C12H14N2O2. The summed E-state index contributed by atoms with van der Waals surface area (Å²) in [4.78, 5) is 15.9. The molecule has 0 N–H and O–H groups in total. The highest BCUT2D eigenvalue weighted by Gasteiger charge is 2.15. The van der Waals surface area contributed by atoms with Gasteiger partial charge in [0, 0.05) is 7.05 Å². The Balaban J connectivity index is 2.55. The van der Waals surface area contributed by atoms with Crippen molar-refractivity contribution in [1.82, 2.24) is 9.55 Å². The Labute approximate surface area is 93.9 Å². The SMILES string of the molecule is CCOC(=O)c1nc2cc(C)ccc2n1C. The Kier molecular flexibility index (Phi) is 2.64. The zero-order valence-electron chi connectivity index (χ0n) is 9.65. The van der Waals surface area contributed by atoms with Crippen molar-refractivity contribution < 1.29 is 9.53 Å². The van der Waals surface area contributed by atoms with Crippen LogP contribution in [0.4, 0.5) is 0 Å². The van der Waals surface area contributed by atoms with Gasteiger partial charge in [-0.2, -0.15) is 0 Å². The molecule has 0 saturated carbocycles. The molecule has 2 aromatic rings. The largest absolute Gasteiger partial charge is 0.460 e. The Morgan fingerprint density at radius 3 is 2.94 bits per heavy atom. The number of imidazole rings is 1. The van der Waals surface area contributed by atoms with Crippen LogP contribution in [0.5, 0.6) is 0 Å². The number of nitrogens with zero attached hydrogens (tertiary/aromatic N) is 2. The molecule has 84 valence electrons. The lowest BCUT2D eigenvalue weighted by Gasteiger charge is -2.01. The van der Waals surface area contributed by atoms with E-state index in [2.05, 4.69) is 4.98 Å². The summed E-state index contributed by atoms with van der Waals surface area (Å²) in [5.74, 6) is -0.0266. The third-order valence-electron chi connectivity index (χ3n) is 2.49. The number of benzene rings is 1. The average molecular weight is 218 g/mol. The third-order valence-corrected chi connectivity index (χ3v) is 2.49. The Morgan fingerprint density at radius 2 is 2.25 bits per heavy atom. The van der Waals surface area contributed by atoms with Gasteiger partial charge in [0.2, 0.25) is 5.82 Å². The molecule has 1 heterocycles. The first-order chi connectivity index (χ1) is 7.63. The van der Waals surface area contributed by atoms with Crippen LogP contribution in [-0.4, -0.2) is 22.1 Å². The van der Waals surface area contributed by atoms with Crippen LogP contribution in [-0.2, 0) is 11.8 Å². The van der Waals surface area contributed by atoms with E-state index in [9.17, 15) is 4.79 Å². The second kappa shape index (κ2) is 3.96. The molecule has 0 unspecified atom stereocenters. The molecule has 2 rings (SSSR count). The summed E-state index contributed by atoms with van der Waals surface area (Å²) in [5, 5.41) is 0. The maximum absolute atomic E-state index is 11.6. The molecule has 0 bridgehead atoms. The number of aryl methyl sites for hydroxylation is 2. The second-order valence-corrected chi connectivity index (χ2v) is 3.71. The van der Waals surface area contributed by atoms with E-state index in [1.807, 2.05) is 32.2 Å². The van der Waals surface area contributed by atoms with E-state index in [-0.39, 0.29) is 5.97 Å². The molecule has 0 saturated heterocycles. The van der Waals surface area contributed by atoms with Gasteiger partial charge < -0.3 is 9.30 Å². The highest BCUT2D eigenvalue weighted by Crippen LogP contribution is 2.16.